The van der Waals surface area contributed by atoms with E-state index in [0.29, 0.717) is 6.61 Å². The van der Waals surface area contributed by atoms with Gasteiger partial charge in [0.05, 0.1) is 13.2 Å². The molecule has 25 heavy (non-hydrogen) atoms. The lowest BCUT2D eigenvalue weighted by Gasteiger charge is -2.36. The first kappa shape index (κ1) is 16.1. The molecule has 1 heterocycles. The fourth-order valence-corrected chi connectivity index (χ4v) is 3.24. The highest BCUT2D eigenvalue weighted by Crippen LogP contribution is 2.42. The van der Waals surface area contributed by atoms with E-state index in [2.05, 4.69) is 79.7 Å². The molecule has 4 rings (SSSR count). The fourth-order valence-electron chi connectivity index (χ4n) is 3.24. The summed E-state index contributed by atoms with van der Waals surface area (Å²) in [7, 11) is 0. The van der Waals surface area contributed by atoms with Crippen LogP contribution in [0.2, 0.25) is 0 Å². The van der Waals surface area contributed by atoms with Gasteiger partial charge >= 0.3 is 0 Å². The smallest absolute Gasteiger partial charge is 0.143 e. The minimum atomic E-state index is -0.654. The van der Waals surface area contributed by atoms with Crippen LogP contribution in [0.15, 0.2) is 91.0 Å². The Morgan fingerprint density at radius 3 is 1.44 bits per heavy atom. The Labute approximate surface area is 149 Å². The Hall–Kier alpha value is -2.42. The summed E-state index contributed by atoms with van der Waals surface area (Å²) in [5, 5.41) is 0. The van der Waals surface area contributed by atoms with Crippen molar-refractivity contribution < 1.29 is 9.47 Å². The van der Waals surface area contributed by atoms with Crippen LogP contribution in [0.4, 0.5) is 0 Å². The Morgan fingerprint density at radius 1 is 0.760 bits per heavy atom. The quantitative estimate of drug-likeness (QED) is 0.479. The third kappa shape index (κ3) is 3.11. The lowest BCUT2D eigenvalue weighted by molar-refractivity contribution is -0.0136. The van der Waals surface area contributed by atoms with Crippen molar-refractivity contribution >= 4 is 0 Å². The summed E-state index contributed by atoms with van der Waals surface area (Å²) >= 11 is 0. The van der Waals surface area contributed by atoms with Crippen LogP contribution in [0.5, 0.6) is 0 Å². The van der Waals surface area contributed by atoms with Crippen molar-refractivity contribution in [2.75, 3.05) is 13.2 Å². The SMILES string of the molecule is CC1(COC(c2ccccc2)(c2ccccc2)c2ccccc2)CO1. The summed E-state index contributed by atoms with van der Waals surface area (Å²) in [4.78, 5) is 0. The molecule has 0 bridgehead atoms. The largest absolute Gasteiger partial charge is 0.367 e. The molecule has 0 radical (unpaired) electrons. The molecule has 0 aliphatic carbocycles. The van der Waals surface area contributed by atoms with Gasteiger partial charge < -0.3 is 9.47 Å². The van der Waals surface area contributed by atoms with Crippen molar-refractivity contribution in [3.63, 3.8) is 0 Å². The molecule has 0 saturated carbocycles. The van der Waals surface area contributed by atoms with Gasteiger partial charge in [-0.1, -0.05) is 91.0 Å². The lowest BCUT2D eigenvalue weighted by atomic mass is 9.80. The van der Waals surface area contributed by atoms with Gasteiger partial charge in [0.2, 0.25) is 0 Å². The molecule has 1 atom stereocenters. The van der Waals surface area contributed by atoms with Crippen molar-refractivity contribution in [2.45, 2.75) is 18.1 Å². The molecule has 3 aromatic rings. The number of epoxide rings is 1. The van der Waals surface area contributed by atoms with Gasteiger partial charge in [-0.2, -0.15) is 0 Å². The van der Waals surface area contributed by atoms with Gasteiger partial charge in [0.1, 0.15) is 11.2 Å². The maximum absolute atomic E-state index is 6.69. The van der Waals surface area contributed by atoms with E-state index >= 15 is 0 Å². The molecule has 1 aliphatic rings. The molecule has 2 nitrogen and oxygen atoms in total. The second-order valence-electron chi connectivity index (χ2n) is 6.81. The highest BCUT2D eigenvalue weighted by Gasteiger charge is 2.45. The zero-order valence-corrected chi connectivity index (χ0v) is 14.4. The van der Waals surface area contributed by atoms with Crippen molar-refractivity contribution in [1.82, 2.24) is 0 Å². The van der Waals surface area contributed by atoms with Gasteiger partial charge in [-0.15, -0.1) is 0 Å². The van der Waals surface area contributed by atoms with E-state index in [1.165, 1.54) is 0 Å². The Morgan fingerprint density at radius 2 is 1.12 bits per heavy atom. The minimum Gasteiger partial charge on any atom is -0.367 e. The van der Waals surface area contributed by atoms with Crippen molar-refractivity contribution in [3.8, 4) is 0 Å². The molecule has 0 spiro atoms. The molecule has 0 aromatic heterocycles. The summed E-state index contributed by atoms with van der Waals surface area (Å²) < 4.78 is 12.3. The van der Waals surface area contributed by atoms with Crippen LogP contribution in [0, 0.1) is 0 Å². The average Bonchev–Trinajstić information content (AvgIpc) is 3.42. The zero-order valence-electron chi connectivity index (χ0n) is 14.4. The molecule has 0 N–H and O–H groups in total. The molecule has 1 fully saturated rings. The van der Waals surface area contributed by atoms with Gasteiger partial charge in [-0.3, -0.25) is 0 Å². The number of hydrogen-bond acceptors (Lipinski definition) is 2. The second-order valence-corrected chi connectivity index (χ2v) is 6.81. The first-order chi connectivity index (χ1) is 12.2. The number of benzene rings is 3. The molecule has 3 aromatic carbocycles. The average molecular weight is 330 g/mol. The van der Waals surface area contributed by atoms with E-state index in [1.54, 1.807) is 0 Å². The summed E-state index contributed by atoms with van der Waals surface area (Å²) in [5.41, 5.74) is 2.53. The van der Waals surface area contributed by atoms with Crippen LogP contribution >= 0.6 is 0 Å². The Bertz CT molecular complexity index is 712. The van der Waals surface area contributed by atoms with Crippen LogP contribution in [-0.2, 0) is 15.1 Å². The van der Waals surface area contributed by atoms with Crippen LogP contribution in [-0.4, -0.2) is 18.8 Å². The minimum absolute atomic E-state index is 0.177. The second kappa shape index (κ2) is 6.47. The van der Waals surface area contributed by atoms with E-state index in [9.17, 15) is 0 Å². The molecule has 1 unspecified atom stereocenters. The van der Waals surface area contributed by atoms with Crippen LogP contribution < -0.4 is 0 Å². The van der Waals surface area contributed by atoms with E-state index in [4.69, 9.17) is 9.47 Å². The molecular weight excluding hydrogens is 308 g/mol. The van der Waals surface area contributed by atoms with Crippen LogP contribution in [0.1, 0.15) is 23.6 Å². The first-order valence-electron chi connectivity index (χ1n) is 8.67. The highest BCUT2D eigenvalue weighted by atomic mass is 16.6. The molecule has 1 aliphatic heterocycles. The number of hydrogen-bond donors (Lipinski definition) is 0. The van der Waals surface area contributed by atoms with E-state index in [-0.39, 0.29) is 5.60 Å². The Balaban J connectivity index is 1.90. The van der Waals surface area contributed by atoms with Gasteiger partial charge in [0.25, 0.3) is 0 Å². The highest BCUT2D eigenvalue weighted by molar-refractivity contribution is 5.47. The van der Waals surface area contributed by atoms with Gasteiger partial charge in [-0.05, 0) is 23.6 Å². The van der Waals surface area contributed by atoms with Crippen molar-refractivity contribution in [3.05, 3.63) is 108 Å². The Kier molecular flexibility index (Phi) is 4.16. The molecule has 126 valence electrons. The summed E-state index contributed by atoms with van der Waals surface area (Å²) in [6.45, 7) is 3.39. The van der Waals surface area contributed by atoms with E-state index in [1.807, 2.05) is 18.2 Å². The number of ether oxygens (including phenoxy) is 2. The van der Waals surface area contributed by atoms with Crippen LogP contribution in [0.25, 0.3) is 0 Å². The predicted octanol–water partition coefficient (Wildman–Crippen LogP) is 4.78. The predicted molar refractivity (Wildman–Crippen MR) is 99.5 cm³/mol. The van der Waals surface area contributed by atoms with Gasteiger partial charge in [-0.25, -0.2) is 0 Å². The topological polar surface area (TPSA) is 21.8 Å². The standard InChI is InChI=1S/C23H22O2/c1-22(17-24-22)18-25-23(19-11-5-2-6-12-19,20-13-7-3-8-14-20)21-15-9-4-10-16-21/h2-16H,17-18H2,1H3. The summed E-state index contributed by atoms with van der Waals surface area (Å²) in [6, 6.07) is 31.3. The van der Waals surface area contributed by atoms with Crippen molar-refractivity contribution in [1.29, 1.82) is 0 Å². The van der Waals surface area contributed by atoms with E-state index in [0.717, 1.165) is 23.3 Å². The third-order valence-electron chi connectivity index (χ3n) is 4.77. The van der Waals surface area contributed by atoms with Gasteiger partial charge in [0, 0.05) is 0 Å². The van der Waals surface area contributed by atoms with Gasteiger partial charge in [0.15, 0.2) is 0 Å². The molecule has 0 amide bonds. The number of rotatable bonds is 6. The fraction of sp³-hybridized carbons (Fsp3) is 0.217. The maximum atomic E-state index is 6.69. The molecule has 2 heteroatoms. The first-order valence-corrected chi connectivity index (χ1v) is 8.67. The normalized spacial score (nSPS) is 19.6. The van der Waals surface area contributed by atoms with E-state index < -0.39 is 5.60 Å². The third-order valence-corrected chi connectivity index (χ3v) is 4.77. The van der Waals surface area contributed by atoms with Crippen molar-refractivity contribution in [2.24, 2.45) is 0 Å². The molecular formula is C23H22O2. The summed E-state index contributed by atoms with van der Waals surface area (Å²) in [5.74, 6) is 0. The maximum Gasteiger partial charge on any atom is 0.143 e. The van der Waals surface area contributed by atoms with Crippen LogP contribution in [0.3, 0.4) is 0 Å². The lowest BCUT2D eigenvalue weighted by Crippen LogP contribution is -2.36. The zero-order chi connectivity index (χ0) is 17.2. The monoisotopic (exact) mass is 330 g/mol. The summed E-state index contributed by atoms with van der Waals surface area (Å²) in [6.07, 6.45) is 0. The molecule has 1 saturated heterocycles.